The number of nitrogens with zero attached hydrogens (tertiary/aromatic N) is 1. The topological polar surface area (TPSA) is 75.7 Å². The Morgan fingerprint density at radius 3 is 2.24 bits per heavy atom. The molecule has 0 aromatic heterocycles. The van der Waals surface area contributed by atoms with Crippen molar-refractivity contribution in [3.8, 4) is 5.75 Å². The first-order valence-electron chi connectivity index (χ1n) is 10.1. The zero-order valence-electron chi connectivity index (χ0n) is 18.0. The van der Waals surface area contributed by atoms with Crippen LogP contribution in [0.5, 0.6) is 5.75 Å². The fraction of sp³-hybridized carbons (Fsp3) is 0.0800. The summed E-state index contributed by atoms with van der Waals surface area (Å²) in [6, 6.07) is 16.1. The third-order valence-electron chi connectivity index (χ3n) is 5.11. The van der Waals surface area contributed by atoms with Crippen LogP contribution >= 0.6 is 34.8 Å². The van der Waals surface area contributed by atoms with E-state index in [0.717, 1.165) is 16.0 Å². The molecule has 9 heteroatoms. The molecule has 2 amide bonds. The Balaban J connectivity index is 1.50. The van der Waals surface area contributed by atoms with Gasteiger partial charge in [-0.05, 0) is 67.9 Å². The summed E-state index contributed by atoms with van der Waals surface area (Å²) in [5.74, 6) is -1.62. The van der Waals surface area contributed by atoms with Gasteiger partial charge in [-0.15, -0.1) is 0 Å². The van der Waals surface area contributed by atoms with E-state index >= 15 is 0 Å². The Labute approximate surface area is 210 Å². The van der Waals surface area contributed by atoms with Gasteiger partial charge in [0.1, 0.15) is 16.5 Å². The van der Waals surface area contributed by atoms with E-state index in [2.05, 4.69) is 5.32 Å². The first-order valence-corrected chi connectivity index (χ1v) is 11.2. The molecule has 3 aromatic carbocycles. The molecule has 34 heavy (non-hydrogen) atoms. The number of anilines is 2. The number of amides is 2. The Morgan fingerprint density at radius 2 is 1.59 bits per heavy atom. The van der Waals surface area contributed by atoms with Crippen molar-refractivity contribution in [2.45, 2.75) is 13.8 Å². The lowest BCUT2D eigenvalue weighted by atomic mass is 10.1. The predicted molar refractivity (Wildman–Crippen MR) is 133 cm³/mol. The van der Waals surface area contributed by atoms with Gasteiger partial charge in [-0.3, -0.25) is 9.59 Å². The highest BCUT2D eigenvalue weighted by molar-refractivity contribution is 6.53. The number of ether oxygens (including phenoxy) is 1. The zero-order chi connectivity index (χ0) is 24.6. The van der Waals surface area contributed by atoms with Gasteiger partial charge in [0, 0.05) is 10.7 Å². The van der Waals surface area contributed by atoms with Gasteiger partial charge >= 0.3 is 5.97 Å². The van der Waals surface area contributed by atoms with Crippen molar-refractivity contribution in [1.82, 2.24) is 0 Å². The number of rotatable bonds is 5. The monoisotopic (exact) mass is 514 g/mol. The second-order valence-electron chi connectivity index (χ2n) is 7.59. The Kier molecular flexibility index (Phi) is 6.66. The minimum atomic E-state index is -0.624. The predicted octanol–water partition coefficient (Wildman–Crippen LogP) is 6.27. The first kappa shape index (κ1) is 23.8. The molecule has 0 aliphatic carbocycles. The van der Waals surface area contributed by atoms with Crippen LogP contribution in [-0.2, 0) is 9.59 Å². The SMILES string of the molecule is Cc1ccc(N2C(=O)C(Cl)=C(Nc3ccc(C(=O)Oc4ccc(Cl)cc4Cl)cc3)C2=O)c(C)c1. The van der Waals surface area contributed by atoms with Gasteiger partial charge in [0.05, 0.1) is 16.3 Å². The number of esters is 1. The fourth-order valence-corrected chi connectivity index (χ4v) is 4.10. The molecule has 1 aliphatic rings. The number of carbonyl (C=O) groups is 3. The van der Waals surface area contributed by atoms with Crippen molar-refractivity contribution in [3.63, 3.8) is 0 Å². The number of carbonyl (C=O) groups excluding carboxylic acids is 3. The third kappa shape index (κ3) is 4.66. The molecule has 0 saturated heterocycles. The van der Waals surface area contributed by atoms with E-state index in [-0.39, 0.29) is 27.1 Å². The Morgan fingerprint density at radius 1 is 0.882 bits per heavy atom. The lowest BCUT2D eigenvalue weighted by Crippen LogP contribution is -2.32. The molecule has 0 fully saturated rings. The zero-order valence-corrected chi connectivity index (χ0v) is 20.3. The van der Waals surface area contributed by atoms with Gasteiger partial charge < -0.3 is 10.1 Å². The molecule has 0 spiro atoms. The van der Waals surface area contributed by atoms with E-state index in [4.69, 9.17) is 39.5 Å². The summed E-state index contributed by atoms with van der Waals surface area (Å²) >= 11 is 18.1. The first-order chi connectivity index (χ1) is 16.2. The fourth-order valence-electron chi connectivity index (χ4n) is 3.44. The van der Waals surface area contributed by atoms with Gasteiger partial charge in [0.15, 0.2) is 0 Å². The summed E-state index contributed by atoms with van der Waals surface area (Å²) in [6.07, 6.45) is 0. The minimum absolute atomic E-state index is 0.0464. The maximum atomic E-state index is 13.0. The smallest absolute Gasteiger partial charge is 0.343 e. The molecule has 1 heterocycles. The molecule has 0 atom stereocenters. The molecule has 3 aromatic rings. The summed E-state index contributed by atoms with van der Waals surface area (Å²) in [4.78, 5) is 39.2. The largest absolute Gasteiger partial charge is 0.421 e. The minimum Gasteiger partial charge on any atom is -0.421 e. The van der Waals surface area contributed by atoms with Crippen LogP contribution in [0.25, 0.3) is 0 Å². The highest BCUT2D eigenvalue weighted by Crippen LogP contribution is 2.32. The average molecular weight is 516 g/mol. The maximum absolute atomic E-state index is 13.0. The number of imide groups is 1. The Hall–Kier alpha value is -3.32. The summed E-state index contributed by atoms with van der Waals surface area (Å²) in [7, 11) is 0. The van der Waals surface area contributed by atoms with Gasteiger partial charge in [-0.25, -0.2) is 9.69 Å². The second-order valence-corrected chi connectivity index (χ2v) is 8.81. The summed E-state index contributed by atoms with van der Waals surface area (Å²) < 4.78 is 5.30. The lowest BCUT2D eigenvalue weighted by molar-refractivity contribution is -0.120. The number of halogens is 3. The van der Waals surface area contributed by atoms with Crippen LogP contribution in [-0.4, -0.2) is 17.8 Å². The molecule has 4 rings (SSSR count). The Bertz CT molecular complexity index is 1370. The van der Waals surface area contributed by atoms with Gasteiger partial charge in [0.2, 0.25) is 0 Å². The lowest BCUT2D eigenvalue weighted by Gasteiger charge is -2.18. The van der Waals surface area contributed by atoms with Gasteiger partial charge in [0.25, 0.3) is 11.8 Å². The van der Waals surface area contributed by atoms with Crippen LogP contribution in [0.4, 0.5) is 11.4 Å². The average Bonchev–Trinajstić information content (AvgIpc) is 2.99. The molecular weight excluding hydrogens is 499 g/mol. The van der Waals surface area contributed by atoms with Crippen molar-refractivity contribution in [2.75, 3.05) is 10.2 Å². The molecule has 0 saturated carbocycles. The van der Waals surface area contributed by atoms with Crippen LogP contribution in [0.1, 0.15) is 21.5 Å². The summed E-state index contributed by atoms with van der Waals surface area (Å²) in [6.45, 7) is 3.74. The molecular formula is C25H17Cl3N2O4. The standard InChI is InChI=1S/C25H17Cl3N2O4/c1-13-3-9-19(14(2)11-13)30-23(31)21(28)22(24(30)32)29-17-7-4-15(5-8-17)25(33)34-20-10-6-16(26)12-18(20)27/h3-12,29H,1-2H3. The van der Waals surface area contributed by atoms with E-state index in [1.807, 2.05) is 26.0 Å². The van der Waals surface area contributed by atoms with Crippen molar-refractivity contribution in [2.24, 2.45) is 0 Å². The molecule has 0 bridgehead atoms. The highest BCUT2D eigenvalue weighted by atomic mass is 35.5. The summed E-state index contributed by atoms with van der Waals surface area (Å²) in [5.41, 5.74) is 2.91. The number of benzene rings is 3. The number of hydrogen-bond acceptors (Lipinski definition) is 5. The van der Waals surface area contributed by atoms with Crippen molar-refractivity contribution < 1.29 is 19.1 Å². The highest BCUT2D eigenvalue weighted by Gasteiger charge is 2.39. The molecule has 0 radical (unpaired) electrons. The number of aryl methyl sites for hydroxylation is 2. The molecule has 0 unspecified atom stereocenters. The molecule has 6 nitrogen and oxygen atoms in total. The quantitative estimate of drug-likeness (QED) is 0.246. The van der Waals surface area contributed by atoms with E-state index in [1.54, 1.807) is 24.3 Å². The van der Waals surface area contributed by atoms with Gasteiger partial charge in [-0.1, -0.05) is 52.5 Å². The number of hydrogen-bond donors (Lipinski definition) is 1. The summed E-state index contributed by atoms with van der Waals surface area (Å²) in [5, 5.41) is 3.29. The van der Waals surface area contributed by atoms with E-state index in [1.165, 1.54) is 24.3 Å². The van der Waals surface area contributed by atoms with Crippen molar-refractivity contribution in [3.05, 3.63) is 98.1 Å². The van der Waals surface area contributed by atoms with Crippen LogP contribution in [0.15, 0.2) is 71.4 Å². The van der Waals surface area contributed by atoms with Crippen LogP contribution in [0, 0.1) is 13.8 Å². The molecule has 172 valence electrons. The molecule has 1 N–H and O–H groups in total. The van der Waals surface area contributed by atoms with E-state index < -0.39 is 17.8 Å². The van der Waals surface area contributed by atoms with Crippen molar-refractivity contribution >= 4 is 64.0 Å². The van der Waals surface area contributed by atoms with Crippen LogP contribution in [0.3, 0.4) is 0 Å². The van der Waals surface area contributed by atoms with E-state index in [9.17, 15) is 14.4 Å². The van der Waals surface area contributed by atoms with Crippen LogP contribution in [0.2, 0.25) is 10.0 Å². The van der Waals surface area contributed by atoms with Gasteiger partial charge in [-0.2, -0.15) is 0 Å². The normalized spacial score (nSPS) is 13.5. The molecule has 1 aliphatic heterocycles. The van der Waals surface area contributed by atoms with Crippen molar-refractivity contribution in [1.29, 1.82) is 0 Å². The van der Waals surface area contributed by atoms with E-state index in [0.29, 0.717) is 16.4 Å². The van der Waals surface area contributed by atoms with Crippen LogP contribution < -0.4 is 15.0 Å². The number of nitrogens with one attached hydrogen (secondary N) is 1. The second kappa shape index (κ2) is 9.50. The maximum Gasteiger partial charge on any atom is 0.343 e. The third-order valence-corrected chi connectivity index (χ3v) is 5.99.